The Morgan fingerprint density at radius 3 is 2.35 bits per heavy atom. The van der Waals surface area contributed by atoms with Gasteiger partial charge in [-0.1, -0.05) is 19.1 Å². The fourth-order valence-electron chi connectivity index (χ4n) is 1.71. The third-order valence-corrected chi connectivity index (χ3v) is 5.16. The molecular formula is C14H13BrFNO2S. The van der Waals surface area contributed by atoms with E-state index in [1.165, 1.54) is 6.07 Å². The van der Waals surface area contributed by atoms with Crippen molar-refractivity contribution in [3.63, 3.8) is 0 Å². The molecule has 2 rings (SSSR count). The van der Waals surface area contributed by atoms with Crippen molar-refractivity contribution in [3.8, 4) is 0 Å². The predicted molar refractivity (Wildman–Crippen MR) is 80.7 cm³/mol. The van der Waals surface area contributed by atoms with E-state index < -0.39 is 15.8 Å². The molecule has 0 radical (unpaired) electrons. The second kappa shape index (κ2) is 5.93. The first-order chi connectivity index (χ1) is 9.42. The van der Waals surface area contributed by atoms with Gasteiger partial charge in [-0.3, -0.25) is 4.72 Å². The third-order valence-electron chi connectivity index (χ3n) is 2.80. The third kappa shape index (κ3) is 3.37. The Morgan fingerprint density at radius 1 is 1.15 bits per heavy atom. The summed E-state index contributed by atoms with van der Waals surface area (Å²) in [5.74, 6) is -0.497. The smallest absolute Gasteiger partial charge is 0.263 e. The van der Waals surface area contributed by atoms with Gasteiger partial charge in [-0.2, -0.15) is 0 Å². The summed E-state index contributed by atoms with van der Waals surface area (Å²) in [4.78, 5) is -0.00142. The van der Waals surface area contributed by atoms with E-state index in [0.717, 1.165) is 24.1 Å². The second-order valence-corrected chi connectivity index (χ2v) is 6.74. The molecule has 2 aromatic carbocycles. The Balaban J connectivity index is 2.30. The molecule has 0 heterocycles. The van der Waals surface area contributed by atoms with Crippen molar-refractivity contribution in [3.05, 3.63) is 58.3 Å². The molecule has 0 aliphatic carbocycles. The minimum atomic E-state index is -3.74. The predicted octanol–water partition coefficient (Wildman–Crippen LogP) is 3.95. The molecule has 3 nitrogen and oxygen atoms in total. The number of hydrogen-bond acceptors (Lipinski definition) is 2. The van der Waals surface area contributed by atoms with Gasteiger partial charge in [-0.05, 0) is 58.2 Å². The number of aryl methyl sites for hydroxylation is 1. The summed E-state index contributed by atoms with van der Waals surface area (Å²) in [7, 11) is -3.74. The Kier molecular flexibility index (Phi) is 4.45. The van der Waals surface area contributed by atoms with E-state index in [2.05, 4.69) is 20.7 Å². The van der Waals surface area contributed by atoms with E-state index in [9.17, 15) is 12.8 Å². The van der Waals surface area contributed by atoms with Crippen LogP contribution in [0.1, 0.15) is 12.5 Å². The molecule has 0 amide bonds. The minimum Gasteiger partial charge on any atom is -0.280 e. The van der Waals surface area contributed by atoms with E-state index in [0.29, 0.717) is 5.69 Å². The van der Waals surface area contributed by atoms with Gasteiger partial charge >= 0.3 is 0 Å². The highest BCUT2D eigenvalue weighted by molar-refractivity contribution is 9.10. The zero-order valence-electron chi connectivity index (χ0n) is 10.7. The van der Waals surface area contributed by atoms with E-state index >= 15 is 0 Å². The van der Waals surface area contributed by atoms with Gasteiger partial charge in [0.2, 0.25) is 0 Å². The topological polar surface area (TPSA) is 46.2 Å². The van der Waals surface area contributed by atoms with Crippen LogP contribution in [0.2, 0.25) is 0 Å². The van der Waals surface area contributed by atoms with Crippen molar-refractivity contribution in [2.75, 3.05) is 4.72 Å². The van der Waals surface area contributed by atoms with E-state index in [1.807, 2.05) is 19.1 Å². The highest BCUT2D eigenvalue weighted by atomic mass is 79.9. The first kappa shape index (κ1) is 15.0. The molecule has 6 heteroatoms. The largest absolute Gasteiger partial charge is 0.280 e. The standard InChI is InChI=1S/C14H13BrFNO2S/c1-2-10-3-6-12(7-4-10)17-20(18,19)14-8-5-11(16)9-13(14)15/h3-9,17H,2H2,1H3. The maximum Gasteiger partial charge on any atom is 0.263 e. The van der Waals surface area contributed by atoms with Crippen LogP contribution in [-0.2, 0) is 16.4 Å². The van der Waals surface area contributed by atoms with E-state index in [-0.39, 0.29) is 9.37 Å². The summed E-state index contributed by atoms with van der Waals surface area (Å²) < 4.78 is 40.1. The monoisotopic (exact) mass is 357 g/mol. The Bertz CT molecular complexity index is 714. The average Bonchev–Trinajstić information content (AvgIpc) is 2.38. The van der Waals surface area contributed by atoms with Crippen molar-refractivity contribution in [2.24, 2.45) is 0 Å². The molecule has 106 valence electrons. The number of benzene rings is 2. The summed E-state index contributed by atoms with van der Waals surface area (Å²) in [6.45, 7) is 2.02. The fraction of sp³-hybridized carbons (Fsp3) is 0.143. The highest BCUT2D eigenvalue weighted by Gasteiger charge is 2.18. The molecule has 0 fully saturated rings. The van der Waals surface area contributed by atoms with Crippen molar-refractivity contribution < 1.29 is 12.8 Å². The Labute approximate surface area is 126 Å². The van der Waals surface area contributed by atoms with Crippen molar-refractivity contribution in [1.29, 1.82) is 0 Å². The number of halogens is 2. The number of rotatable bonds is 4. The van der Waals surface area contributed by atoms with Crippen molar-refractivity contribution in [1.82, 2.24) is 0 Å². The molecule has 0 aliphatic heterocycles. The Hall–Kier alpha value is -1.40. The lowest BCUT2D eigenvalue weighted by atomic mass is 10.2. The molecule has 2 aromatic rings. The van der Waals surface area contributed by atoms with Crippen LogP contribution in [0.5, 0.6) is 0 Å². The van der Waals surface area contributed by atoms with Crippen molar-refractivity contribution in [2.45, 2.75) is 18.2 Å². The van der Waals surface area contributed by atoms with Gasteiger partial charge in [0.25, 0.3) is 10.0 Å². The van der Waals surface area contributed by atoms with Gasteiger partial charge in [-0.15, -0.1) is 0 Å². The summed E-state index contributed by atoms with van der Waals surface area (Å²) >= 11 is 3.06. The number of anilines is 1. The molecule has 0 saturated carbocycles. The number of sulfonamides is 1. The van der Waals surface area contributed by atoms with Crippen LogP contribution in [0.3, 0.4) is 0 Å². The van der Waals surface area contributed by atoms with Gasteiger partial charge in [0.15, 0.2) is 0 Å². The van der Waals surface area contributed by atoms with Crippen LogP contribution < -0.4 is 4.72 Å². The summed E-state index contributed by atoms with van der Waals surface area (Å²) in [5.41, 5.74) is 1.59. The Morgan fingerprint density at radius 2 is 1.80 bits per heavy atom. The number of nitrogens with one attached hydrogen (secondary N) is 1. The summed E-state index contributed by atoms with van der Waals surface area (Å²) in [5, 5.41) is 0. The van der Waals surface area contributed by atoms with E-state index in [1.54, 1.807) is 12.1 Å². The van der Waals surface area contributed by atoms with Crippen LogP contribution in [0.25, 0.3) is 0 Å². The zero-order chi connectivity index (χ0) is 14.8. The normalized spacial score (nSPS) is 11.3. The molecule has 0 atom stereocenters. The highest BCUT2D eigenvalue weighted by Crippen LogP contribution is 2.25. The summed E-state index contributed by atoms with van der Waals surface area (Å²) in [6.07, 6.45) is 0.885. The molecule has 0 unspecified atom stereocenters. The molecule has 0 bridgehead atoms. The van der Waals surface area contributed by atoms with E-state index in [4.69, 9.17) is 0 Å². The van der Waals surface area contributed by atoms with Crippen LogP contribution >= 0.6 is 15.9 Å². The summed E-state index contributed by atoms with van der Waals surface area (Å²) in [6, 6.07) is 10.6. The maximum atomic E-state index is 13.0. The maximum absolute atomic E-state index is 13.0. The SMILES string of the molecule is CCc1ccc(NS(=O)(=O)c2ccc(F)cc2Br)cc1. The van der Waals surface area contributed by atoms with Gasteiger partial charge in [0.1, 0.15) is 10.7 Å². The first-order valence-corrected chi connectivity index (χ1v) is 8.27. The average molecular weight is 358 g/mol. The molecule has 0 aromatic heterocycles. The second-order valence-electron chi connectivity index (χ2n) is 4.23. The number of hydrogen-bond donors (Lipinski definition) is 1. The van der Waals surface area contributed by atoms with Crippen LogP contribution in [0.4, 0.5) is 10.1 Å². The molecule has 0 saturated heterocycles. The lowest BCUT2D eigenvalue weighted by Gasteiger charge is -2.10. The zero-order valence-corrected chi connectivity index (χ0v) is 13.1. The van der Waals surface area contributed by atoms with Gasteiger partial charge < -0.3 is 0 Å². The molecule has 1 N–H and O–H groups in total. The van der Waals surface area contributed by atoms with Crippen LogP contribution in [0, 0.1) is 5.82 Å². The lowest BCUT2D eigenvalue weighted by Crippen LogP contribution is -2.13. The van der Waals surface area contributed by atoms with Gasteiger partial charge in [0, 0.05) is 10.2 Å². The quantitative estimate of drug-likeness (QED) is 0.900. The molecule has 0 aliphatic rings. The lowest BCUT2D eigenvalue weighted by molar-refractivity contribution is 0.599. The molecular weight excluding hydrogens is 345 g/mol. The first-order valence-electron chi connectivity index (χ1n) is 5.99. The van der Waals surface area contributed by atoms with Crippen molar-refractivity contribution >= 4 is 31.6 Å². The minimum absolute atomic E-state index is 0.00142. The van der Waals surface area contributed by atoms with Crippen LogP contribution in [0.15, 0.2) is 51.8 Å². The fourth-order valence-corrected chi connectivity index (χ4v) is 3.82. The van der Waals surface area contributed by atoms with Gasteiger partial charge in [0.05, 0.1) is 0 Å². The van der Waals surface area contributed by atoms with Gasteiger partial charge in [-0.25, -0.2) is 12.8 Å². The molecule has 20 heavy (non-hydrogen) atoms. The molecule has 0 spiro atoms. The van der Waals surface area contributed by atoms with Crippen LogP contribution in [-0.4, -0.2) is 8.42 Å².